The molecule has 0 unspecified atom stereocenters. The number of aryl methyl sites for hydroxylation is 1. The summed E-state index contributed by atoms with van der Waals surface area (Å²) < 4.78 is 6.93. The summed E-state index contributed by atoms with van der Waals surface area (Å²) in [6.45, 7) is 0. The van der Waals surface area contributed by atoms with Crippen molar-refractivity contribution in [1.29, 1.82) is 0 Å². The molecule has 1 aliphatic carbocycles. The number of rotatable bonds is 3. The van der Waals surface area contributed by atoms with Crippen molar-refractivity contribution in [2.45, 2.75) is 25.3 Å². The molecular formula is C16H14ClN5O2. The molecule has 4 rings (SSSR count). The van der Waals surface area contributed by atoms with E-state index in [1.807, 2.05) is 6.07 Å². The minimum atomic E-state index is -0.206. The van der Waals surface area contributed by atoms with Crippen LogP contribution in [0.2, 0.25) is 5.02 Å². The molecule has 1 amide bonds. The lowest BCUT2D eigenvalue weighted by molar-refractivity contribution is 0.0932. The Morgan fingerprint density at radius 2 is 2.29 bits per heavy atom. The fourth-order valence-corrected chi connectivity index (χ4v) is 3.24. The number of halogens is 1. The van der Waals surface area contributed by atoms with E-state index in [1.165, 1.54) is 11.0 Å². The van der Waals surface area contributed by atoms with E-state index in [0.29, 0.717) is 16.3 Å². The highest BCUT2D eigenvalue weighted by Gasteiger charge is 2.25. The topological polar surface area (TPSA) is 85.8 Å². The van der Waals surface area contributed by atoms with E-state index in [4.69, 9.17) is 16.0 Å². The maximum absolute atomic E-state index is 12.6. The third-order valence-corrected chi connectivity index (χ3v) is 4.48. The molecule has 3 aromatic rings. The standard InChI is InChI=1S/C16H14ClN5O2/c17-13-8-10(22-9-18-20-21-22)4-5-11(13)16(23)19-14-2-1-3-15-12(14)6-7-24-15/h4-9,14H,1-3H2,(H,19,23)/t14-/m1/s1. The van der Waals surface area contributed by atoms with Crippen molar-refractivity contribution in [1.82, 2.24) is 25.5 Å². The van der Waals surface area contributed by atoms with Crippen LogP contribution in [0.5, 0.6) is 0 Å². The van der Waals surface area contributed by atoms with Gasteiger partial charge in [0, 0.05) is 12.0 Å². The summed E-state index contributed by atoms with van der Waals surface area (Å²) in [5.74, 6) is 0.744. The second kappa shape index (κ2) is 6.09. The van der Waals surface area contributed by atoms with Gasteiger partial charge in [0.1, 0.15) is 12.1 Å². The molecule has 0 aliphatic heterocycles. The summed E-state index contributed by atoms with van der Waals surface area (Å²) >= 11 is 6.28. The molecule has 122 valence electrons. The van der Waals surface area contributed by atoms with Crippen molar-refractivity contribution in [2.24, 2.45) is 0 Å². The lowest BCUT2D eigenvalue weighted by Gasteiger charge is -2.23. The highest BCUT2D eigenvalue weighted by molar-refractivity contribution is 6.34. The zero-order chi connectivity index (χ0) is 16.5. The fourth-order valence-electron chi connectivity index (χ4n) is 2.98. The number of nitrogens with zero attached hydrogens (tertiary/aromatic N) is 4. The van der Waals surface area contributed by atoms with Crippen LogP contribution in [-0.4, -0.2) is 26.1 Å². The molecule has 24 heavy (non-hydrogen) atoms. The van der Waals surface area contributed by atoms with E-state index in [9.17, 15) is 4.79 Å². The maximum Gasteiger partial charge on any atom is 0.253 e. The summed E-state index contributed by atoms with van der Waals surface area (Å²) in [6, 6.07) is 6.96. The number of tetrazole rings is 1. The first-order valence-corrected chi connectivity index (χ1v) is 8.00. The molecule has 0 spiro atoms. The summed E-state index contributed by atoms with van der Waals surface area (Å²) in [4.78, 5) is 12.6. The first-order valence-electron chi connectivity index (χ1n) is 7.62. The molecule has 0 radical (unpaired) electrons. The summed E-state index contributed by atoms with van der Waals surface area (Å²) in [5.41, 5.74) is 2.16. The average Bonchev–Trinajstić information content (AvgIpc) is 3.26. The largest absolute Gasteiger partial charge is 0.469 e. The van der Waals surface area contributed by atoms with Crippen molar-refractivity contribution in [2.75, 3.05) is 0 Å². The number of benzene rings is 1. The van der Waals surface area contributed by atoms with Gasteiger partial charge in [-0.1, -0.05) is 11.6 Å². The van der Waals surface area contributed by atoms with Gasteiger partial charge in [0.15, 0.2) is 0 Å². The average molecular weight is 344 g/mol. The van der Waals surface area contributed by atoms with Crippen LogP contribution in [0.4, 0.5) is 0 Å². The van der Waals surface area contributed by atoms with E-state index in [1.54, 1.807) is 24.5 Å². The lowest BCUT2D eigenvalue weighted by atomic mass is 9.93. The van der Waals surface area contributed by atoms with E-state index in [2.05, 4.69) is 20.8 Å². The molecule has 0 saturated carbocycles. The van der Waals surface area contributed by atoms with E-state index >= 15 is 0 Å². The molecule has 8 heteroatoms. The van der Waals surface area contributed by atoms with Crippen LogP contribution in [0, 0.1) is 0 Å². The number of aromatic nitrogens is 4. The van der Waals surface area contributed by atoms with E-state index in [-0.39, 0.29) is 11.9 Å². The number of hydrogen-bond donors (Lipinski definition) is 1. The molecule has 1 N–H and O–H groups in total. The van der Waals surface area contributed by atoms with Crippen molar-refractivity contribution >= 4 is 17.5 Å². The number of fused-ring (bicyclic) bond motifs is 1. The number of amides is 1. The quantitative estimate of drug-likeness (QED) is 0.790. The molecular weight excluding hydrogens is 330 g/mol. The van der Waals surface area contributed by atoms with Crippen LogP contribution in [0.25, 0.3) is 5.69 Å². The molecule has 0 saturated heterocycles. The highest BCUT2D eigenvalue weighted by Crippen LogP contribution is 2.31. The van der Waals surface area contributed by atoms with Crippen molar-refractivity contribution in [3.63, 3.8) is 0 Å². The van der Waals surface area contributed by atoms with Crippen molar-refractivity contribution in [3.05, 3.63) is 58.8 Å². The van der Waals surface area contributed by atoms with Gasteiger partial charge in [-0.25, -0.2) is 4.68 Å². The van der Waals surface area contributed by atoms with Gasteiger partial charge >= 0.3 is 0 Å². The first kappa shape index (κ1) is 14.9. The minimum absolute atomic E-state index is 0.0461. The van der Waals surface area contributed by atoms with Gasteiger partial charge in [-0.3, -0.25) is 4.79 Å². The second-order valence-electron chi connectivity index (χ2n) is 5.64. The Labute approximate surface area is 142 Å². The van der Waals surface area contributed by atoms with E-state index in [0.717, 1.165) is 30.6 Å². The van der Waals surface area contributed by atoms with Crippen molar-refractivity contribution in [3.8, 4) is 5.69 Å². The Morgan fingerprint density at radius 3 is 3.08 bits per heavy atom. The number of hydrogen-bond acceptors (Lipinski definition) is 5. The predicted octanol–water partition coefficient (Wildman–Crippen LogP) is 2.72. The Bertz CT molecular complexity index is 874. The smallest absolute Gasteiger partial charge is 0.253 e. The molecule has 1 atom stereocenters. The number of carbonyl (C=O) groups is 1. The molecule has 7 nitrogen and oxygen atoms in total. The normalized spacial score (nSPS) is 16.6. The number of carbonyl (C=O) groups excluding carboxylic acids is 1. The van der Waals surface area contributed by atoms with Crippen LogP contribution in [-0.2, 0) is 6.42 Å². The molecule has 0 fully saturated rings. The maximum atomic E-state index is 12.6. The number of furan rings is 1. The summed E-state index contributed by atoms with van der Waals surface area (Å²) in [7, 11) is 0. The fraction of sp³-hybridized carbons (Fsp3) is 0.250. The zero-order valence-electron chi connectivity index (χ0n) is 12.6. The summed E-state index contributed by atoms with van der Waals surface area (Å²) in [5, 5.41) is 14.4. The van der Waals surface area contributed by atoms with Crippen LogP contribution in [0.15, 0.2) is 41.3 Å². The SMILES string of the molecule is O=C(N[C@@H]1CCCc2occc21)c1ccc(-n2cnnn2)cc1Cl. The van der Waals surface area contributed by atoms with Crippen LogP contribution in [0.1, 0.15) is 40.6 Å². The molecule has 0 bridgehead atoms. The van der Waals surface area contributed by atoms with Crippen LogP contribution in [0.3, 0.4) is 0 Å². The number of nitrogens with one attached hydrogen (secondary N) is 1. The molecule has 1 aromatic carbocycles. The highest BCUT2D eigenvalue weighted by atomic mass is 35.5. The monoisotopic (exact) mass is 343 g/mol. The van der Waals surface area contributed by atoms with Gasteiger partial charge in [0.25, 0.3) is 5.91 Å². The van der Waals surface area contributed by atoms with Gasteiger partial charge in [-0.05, 0) is 47.5 Å². The third-order valence-electron chi connectivity index (χ3n) is 4.17. The van der Waals surface area contributed by atoms with Crippen molar-refractivity contribution < 1.29 is 9.21 Å². The molecule has 2 aromatic heterocycles. The van der Waals surface area contributed by atoms with Gasteiger partial charge in [-0.2, -0.15) is 0 Å². The van der Waals surface area contributed by atoms with Gasteiger partial charge < -0.3 is 9.73 Å². The van der Waals surface area contributed by atoms with E-state index < -0.39 is 0 Å². The van der Waals surface area contributed by atoms with Crippen LogP contribution < -0.4 is 5.32 Å². The van der Waals surface area contributed by atoms with Gasteiger partial charge in [0.2, 0.25) is 0 Å². The predicted molar refractivity (Wildman–Crippen MR) is 86.0 cm³/mol. The first-order chi connectivity index (χ1) is 11.7. The Morgan fingerprint density at radius 1 is 1.38 bits per heavy atom. The molecule has 2 heterocycles. The Hall–Kier alpha value is -2.67. The third kappa shape index (κ3) is 2.67. The lowest BCUT2D eigenvalue weighted by Crippen LogP contribution is -2.30. The zero-order valence-corrected chi connectivity index (χ0v) is 13.4. The Balaban J connectivity index is 1.55. The summed E-state index contributed by atoms with van der Waals surface area (Å²) in [6.07, 6.45) is 5.92. The minimum Gasteiger partial charge on any atom is -0.469 e. The van der Waals surface area contributed by atoms with Gasteiger partial charge in [-0.15, -0.1) is 5.10 Å². The van der Waals surface area contributed by atoms with Crippen LogP contribution >= 0.6 is 11.6 Å². The molecule has 1 aliphatic rings. The van der Waals surface area contributed by atoms with Gasteiger partial charge in [0.05, 0.1) is 28.6 Å². The second-order valence-corrected chi connectivity index (χ2v) is 6.04. The Kier molecular flexibility index (Phi) is 3.78.